The van der Waals surface area contributed by atoms with Crippen molar-refractivity contribution in [3.63, 3.8) is 0 Å². The van der Waals surface area contributed by atoms with Crippen LogP contribution < -0.4 is 5.32 Å². The molecule has 4 heteroatoms. The van der Waals surface area contributed by atoms with Crippen LogP contribution in [0, 0.1) is 13.8 Å². The monoisotopic (exact) mass is 310 g/mol. The predicted molar refractivity (Wildman–Crippen MR) is 89.3 cm³/mol. The quantitative estimate of drug-likeness (QED) is 0.946. The molecule has 23 heavy (non-hydrogen) atoms. The molecule has 1 aliphatic heterocycles. The third kappa shape index (κ3) is 3.59. The SMILES string of the molecule is Cc1cccc(C(=O)N[C@@H]2CCO[C@H](c3ccncc3)C2)c1C. The molecule has 0 bridgehead atoms. The van der Waals surface area contributed by atoms with Crippen LogP contribution in [0.25, 0.3) is 0 Å². The first kappa shape index (κ1) is 15.7. The number of amides is 1. The zero-order chi connectivity index (χ0) is 16.2. The Balaban J connectivity index is 1.68. The maximum absolute atomic E-state index is 12.6. The molecule has 0 radical (unpaired) electrons. The third-order valence-electron chi connectivity index (χ3n) is 4.55. The van der Waals surface area contributed by atoms with Crippen LogP contribution in [0.5, 0.6) is 0 Å². The van der Waals surface area contributed by atoms with Gasteiger partial charge in [0, 0.05) is 30.6 Å². The highest BCUT2D eigenvalue weighted by atomic mass is 16.5. The van der Waals surface area contributed by atoms with Gasteiger partial charge in [-0.3, -0.25) is 9.78 Å². The molecular formula is C19H22N2O2. The van der Waals surface area contributed by atoms with Crippen LogP contribution in [0.4, 0.5) is 0 Å². The van der Waals surface area contributed by atoms with Crippen molar-refractivity contribution in [2.75, 3.05) is 6.61 Å². The number of ether oxygens (including phenoxy) is 1. The van der Waals surface area contributed by atoms with Crippen LogP contribution in [-0.2, 0) is 4.74 Å². The van der Waals surface area contributed by atoms with Gasteiger partial charge in [0.25, 0.3) is 5.91 Å². The number of nitrogens with zero attached hydrogens (tertiary/aromatic N) is 1. The molecule has 1 N–H and O–H groups in total. The molecule has 1 saturated heterocycles. The summed E-state index contributed by atoms with van der Waals surface area (Å²) in [7, 11) is 0. The largest absolute Gasteiger partial charge is 0.373 e. The fourth-order valence-corrected chi connectivity index (χ4v) is 3.00. The summed E-state index contributed by atoms with van der Waals surface area (Å²) in [5.41, 5.74) is 4.06. The summed E-state index contributed by atoms with van der Waals surface area (Å²) in [4.78, 5) is 16.6. The first-order valence-electron chi connectivity index (χ1n) is 8.04. The number of carbonyl (C=O) groups is 1. The molecule has 4 nitrogen and oxygen atoms in total. The van der Waals surface area contributed by atoms with Gasteiger partial charge in [-0.1, -0.05) is 12.1 Å². The lowest BCUT2D eigenvalue weighted by atomic mass is 9.97. The lowest BCUT2D eigenvalue weighted by Crippen LogP contribution is -2.40. The molecule has 1 amide bonds. The average molecular weight is 310 g/mol. The summed E-state index contributed by atoms with van der Waals surface area (Å²) < 4.78 is 5.85. The van der Waals surface area contributed by atoms with Crippen molar-refractivity contribution in [3.05, 3.63) is 65.0 Å². The summed E-state index contributed by atoms with van der Waals surface area (Å²) >= 11 is 0. The maximum atomic E-state index is 12.6. The van der Waals surface area contributed by atoms with Crippen LogP contribution in [0.2, 0.25) is 0 Å². The molecular weight excluding hydrogens is 288 g/mol. The fraction of sp³-hybridized carbons (Fsp3) is 0.368. The van der Waals surface area contributed by atoms with Crippen molar-refractivity contribution >= 4 is 5.91 Å². The Morgan fingerprint density at radius 2 is 2.00 bits per heavy atom. The Hall–Kier alpha value is -2.20. The van der Waals surface area contributed by atoms with E-state index in [1.807, 2.05) is 44.2 Å². The number of rotatable bonds is 3. The highest BCUT2D eigenvalue weighted by Crippen LogP contribution is 2.28. The van der Waals surface area contributed by atoms with E-state index in [4.69, 9.17) is 4.74 Å². The third-order valence-corrected chi connectivity index (χ3v) is 4.55. The molecule has 0 spiro atoms. The average Bonchev–Trinajstić information content (AvgIpc) is 2.58. The van der Waals surface area contributed by atoms with Crippen molar-refractivity contribution in [3.8, 4) is 0 Å². The van der Waals surface area contributed by atoms with Crippen LogP contribution in [0.3, 0.4) is 0 Å². The topological polar surface area (TPSA) is 51.2 Å². The minimum atomic E-state index is 0.00609. The highest BCUT2D eigenvalue weighted by molar-refractivity contribution is 5.96. The first-order chi connectivity index (χ1) is 11.1. The molecule has 0 aliphatic carbocycles. The molecule has 120 valence electrons. The molecule has 3 rings (SSSR count). The van der Waals surface area contributed by atoms with Gasteiger partial charge in [-0.05, 0) is 61.6 Å². The van der Waals surface area contributed by atoms with Crippen LogP contribution in [-0.4, -0.2) is 23.5 Å². The molecule has 0 saturated carbocycles. The number of hydrogen-bond donors (Lipinski definition) is 1. The Morgan fingerprint density at radius 1 is 1.22 bits per heavy atom. The van der Waals surface area contributed by atoms with Gasteiger partial charge < -0.3 is 10.1 Å². The second kappa shape index (κ2) is 6.92. The summed E-state index contributed by atoms with van der Waals surface area (Å²) in [6.45, 7) is 4.68. The highest BCUT2D eigenvalue weighted by Gasteiger charge is 2.25. The maximum Gasteiger partial charge on any atom is 0.251 e. The van der Waals surface area contributed by atoms with Crippen LogP contribution in [0.1, 0.15) is 46.0 Å². The van der Waals surface area contributed by atoms with Gasteiger partial charge in [0.2, 0.25) is 0 Å². The molecule has 1 aliphatic rings. The second-order valence-corrected chi connectivity index (χ2v) is 6.08. The van der Waals surface area contributed by atoms with Crippen molar-refractivity contribution < 1.29 is 9.53 Å². The normalized spacial score (nSPS) is 21.0. The van der Waals surface area contributed by atoms with Crippen molar-refractivity contribution in [1.82, 2.24) is 10.3 Å². The van der Waals surface area contributed by atoms with Crippen molar-refractivity contribution in [1.29, 1.82) is 0 Å². The molecule has 2 heterocycles. The molecule has 1 fully saturated rings. The van der Waals surface area contributed by atoms with E-state index in [1.54, 1.807) is 12.4 Å². The van der Waals surface area contributed by atoms with Gasteiger partial charge >= 0.3 is 0 Å². The standard InChI is InChI=1S/C19H22N2O2/c1-13-4-3-5-17(14(13)2)19(22)21-16-8-11-23-18(12-16)15-6-9-20-10-7-15/h3-7,9-10,16,18H,8,11-12H2,1-2H3,(H,21,22)/t16-,18+/m1/s1. The number of aromatic nitrogens is 1. The van der Waals surface area contributed by atoms with Crippen molar-refractivity contribution in [2.45, 2.75) is 38.8 Å². The number of aryl methyl sites for hydroxylation is 1. The van der Waals surface area contributed by atoms with E-state index in [0.29, 0.717) is 6.61 Å². The van der Waals surface area contributed by atoms with E-state index in [1.165, 1.54) is 0 Å². The Kier molecular flexibility index (Phi) is 4.72. The van der Waals surface area contributed by atoms with Crippen molar-refractivity contribution in [2.24, 2.45) is 0 Å². The molecule has 2 aromatic rings. The van der Waals surface area contributed by atoms with E-state index in [-0.39, 0.29) is 18.1 Å². The molecule has 1 aromatic heterocycles. The first-order valence-corrected chi connectivity index (χ1v) is 8.04. The minimum Gasteiger partial charge on any atom is -0.373 e. The van der Waals surface area contributed by atoms with Gasteiger partial charge in [-0.25, -0.2) is 0 Å². The zero-order valence-electron chi connectivity index (χ0n) is 13.6. The van der Waals surface area contributed by atoms with E-state index < -0.39 is 0 Å². The number of hydrogen-bond acceptors (Lipinski definition) is 3. The van der Waals surface area contributed by atoms with Gasteiger partial charge in [-0.2, -0.15) is 0 Å². The number of benzene rings is 1. The lowest BCUT2D eigenvalue weighted by Gasteiger charge is -2.30. The molecule has 2 atom stereocenters. The van der Waals surface area contributed by atoms with Crippen LogP contribution in [0.15, 0.2) is 42.7 Å². The minimum absolute atomic E-state index is 0.00609. The van der Waals surface area contributed by atoms with E-state index in [9.17, 15) is 4.79 Å². The van der Waals surface area contributed by atoms with Gasteiger partial charge in [-0.15, -0.1) is 0 Å². The van der Waals surface area contributed by atoms with Crippen LogP contribution >= 0.6 is 0 Å². The molecule has 0 unspecified atom stereocenters. The number of carbonyl (C=O) groups excluding carboxylic acids is 1. The van der Waals surface area contributed by atoms with Gasteiger partial charge in [0.1, 0.15) is 0 Å². The Labute approximate surface area is 136 Å². The summed E-state index contributed by atoms with van der Waals surface area (Å²) in [5, 5.41) is 3.17. The zero-order valence-corrected chi connectivity index (χ0v) is 13.6. The predicted octanol–water partition coefficient (Wildman–Crippen LogP) is 3.35. The van der Waals surface area contributed by atoms with E-state index >= 15 is 0 Å². The number of nitrogens with one attached hydrogen (secondary N) is 1. The molecule has 1 aromatic carbocycles. The Bertz CT molecular complexity index is 685. The van der Waals surface area contributed by atoms with E-state index in [2.05, 4.69) is 10.3 Å². The summed E-state index contributed by atoms with van der Waals surface area (Å²) in [6.07, 6.45) is 5.21. The van der Waals surface area contributed by atoms with E-state index in [0.717, 1.165) is 35.1 Å². The fourth-order valence-electron chi connectivity index (χ4n) is 3.00. The lowest BCUT2D eigenvalue weighted by molar-refractivity contribution is 0.000856. The van der Waals surface area contributed by atoms with Gasteiger partial charge in [0.05, 0.1) is 6.10 Å². The van der Waals surface area contributed by atoms with Gasteiger partial charge in [0.15, 0.2) is 0 Å². The smallest absolute Gasteiger partial charge is 0.251 e. The summed E-state index contributed by atoms with van der Waals surface area (Å²) in [5.74, 6) is 0.00609. The summed E-state index contributed by atoms with van der Waals surface area (Å²) in [6, 6.07) is 9.92. The number of pyridine rings is 1. The second-order valence-electron chi connectivity index (χ2n) is 6.08. The Morgan fingerprint density at radius 3 is 2.78 bits per heavy atom.